The van der Waals surface area contributed by atoms with E-state index in [1.807, 2.05) is 12.4 Å². The maximum Gasteiger partial charge on any atom is 0.0362 e. The van der Waals surface area contributed by atoms with Crippen LogP contribution in [0, 0.1) is 0 Å². The van der Waals surface area contributed by atoms with Crippen molar-refractivity contribution in [3.63, 3.8) is 0 Å². The number of hydrogen-bond acceptors (Lipinski definition) is 3. The summed E-state index contributed by atoms with van der Waals surface area (Å²) in [6.07, 6.45) is 4.75. The summed E-state index contributed by atoms with van der Waals surface area (Å²) >= 11 is 1.75. The molecule has 0 bridgehead atoms. The lowest BCUT2D eigenvalue weighted by Gasteiger charge is -2.17. The predicted molar refractivity (Wildman–Crippen MR) is 68.7 cm³/mol. The van der Waals surface area contributed by atoms with Crippen LogP contribution < -0.4 is 5.32 Å². The molecule has 0 amide bonds. The molecule has 2 rings (SSSR count). The standard InChI is InChI=1S/C13H16N2S/c1-2-15-13(9-11-5-8-16-10-11)12-3-6-14-7-4-12/h3-8,10,13,15H,2,9H2,1H3. The molecule has 0 fully saturated rings. The Labute approximate surface area is 100 Å². The Morgan fingerprint density at radius 2 is 2.12 bits per heavy atom. The van der Waals surface area contributed by atoms with E-state index in [0.29, 0.717) is 6.04 Å². The maximum absolute atomic E-state index is 4.06. The van der Waals surface area contributed by atoms with Crippen LogP contribution in [0.1, 0.15) is 24.1 Å². The first-order chi connectivity index (χ1) is 7.90. The van der Waals surface area contributed by atoms with Gasteiger partial charge in [0.25, 0.3) is 0 Å². The first-order valence-corrected chi connectivity index (χ1v) is 6.49. The zero-order valence-corrected chi connectivity index (χ0v) is 10.2. The van der Waals surface area contributed by atoms with Gasteiger partial charge in [-0.05, 0) is 53.1 Å². The monoisotopic (exact) mass is 232 g/mol. The smallest absolute Gasteiger partial charge is 0.0362 e. The zero-order valence-electron chi connectivity index (χ0n) is 9.39. The number of pyridine rings is 1. The van der Waals surface area contributed by atoms with Crippen molar-refractivity contribution in [1.82, 2.24) is 10.3 Å². The van der Waals surface area contributed by atoms with Crippen molar-refractivity contribution in [1.29, 1.82) is 0 Å². The molecule has 0 saturated heterocycles. The Morgan fingerprint density at radius 1 is 1.31 bits per heavy atom. The van der Waals surface area contributed by atoms with E-state index in [4.69, 9.17) is 0 Å². The lowest BCUT2D eigenvalue weighted by molar-refractivity contribution is 0.550. The quantitative estimate of drug-likeness (QED) is 0.857. The number of nitrogens with one attached hydrogen (secondary N) is 1. The SMILES string of the molecule is CCNC(Cc1ccsc1)c1ccncc1. The van der Waals surface area contributed by atoms with Gasteiger partial charge in [0.05, 0.1) is 0 Å². The number of nitrogens with zero attached hydrogens (tertiary/aromatic N) is 1. The first kappa shape index (κ1) is 11.3. The summed E-state index contributed by atoms with van der Waals surface area (Å²) in [6.45, 7) is 3.12. The molecule has 16 heavy (non-hydrogen) atoms. The Bertz CT molecular complexity index is 397. The van der Waals surface area contributed by atoms with Gasteiger partial charge in [-0.15, -0.1) is 0 Å². The van der Waals surface area contributed by atoms with Gasteiger partial charge >= 0.3 is 0 Å². The van der Waals surface area contributed by atoms with E-state index in [1.54, 1.807) is 11.3 Å². The minimum atomic E-state index is 0.391. The molecular formula is C13H16N2S. The van der Waals surface area contributed by atoms with Gasteiger partial charge in [-0.3, -0.25) is 4.98 Å². The van der Waals surface area contributed by atoms with Gasteiger partial charge in [-0.2, -0.15) is 11.3 Å². The van der Waals surface area contributed by atoms with Crippen molar-refractivity contribution >= 4 is 11.3 Å². The molecule has 0 saturated carbocycles. The van der Waals surface area contributed by atoms with Crippen LogP contribution in [0.15, 0.2) is 41.4 Å². The highest BCUT2D eigenvalue weighted by atomic mass is 32.1. The number of hydrogen-bond donors (Lipinski definition) is 1. The van der Waals surface area contributed by atoms with Gasteiger partial charge in [-0.25, -0.2) is 0 Å². The van der Waals surface area contributed by atoms with Crippen molar-refractivity contribution in [3.05, 3.63) is 52.5 Å². The molecule has 3 heteroatoms. The summed E-state index contributed by atoms with van der Waals surface area (Å²) in [7, 11) is 0. The number of aromatic nitrogens is 1. The van der Waals surface area contributed by atoms with Crippen LogP contribution in [0.5, 0.6) is 0 Å². The van der Waals surface area contributed by atoms with Gasteiger partial charge in [0.2, 0.25) is 0 Å². The maximum atomic E-state index is 4.06. The topological polar surface area (TPSA) is 24.9 Å². The second-order valence-electron chi connectivity index (χ2n) is 3.73. The molecule has 1 N–H and O–H groups in total. The van der Waals surface area contributed by atoms with Crippen LogP contribution in [0.4, 0.5) is 0 Å². The molecule has 2 heterocycles. The van der Waals surface area contributed by atoms with E-state index < -0.39 is 0 Å². The van der Waals surface area contributed by atoms with Gasteiger partial charge < -0.3 is 5.32 Å². The van der Waals surface area contributed by atoms with Gasteiger partial charge in [-0.1, -0.05) is 6.92 Å². The Hall–Kier alpha value is -1.19. The summed E-state index contributed by atoms with van der Waals surface area (Å²) in [5.74, 6) is 0. The fourth-order valence-electron chi connectivity index (χ4n) is 1.79. The highest BCUT2D eigenvalue weighted by Crippen LogP contribution is 2.19. The van der Waals surface area contributed by atoms with Crippen LogP contribution in [0.3, 0.4) is 0 Å². The summed E-state index contributed by atoms with van der Waals surface area (Å²) in [5.41, 5.74) is 2.70. The normalized spacial score (nSPS) is 12.6. The highest BCUT2D eigenvalue weighted by Gasteiger charge is 2.10. The average Bonchev–Trinajstić information content (AvgIpc) is 2.83. The second kappa shape index (κ2) is 5.77. The molecule has 2 aromatic rings. The Kier molecular flexibility index (Phi) is 4.08. The van der Waals surface area contributed by atoms with Crippen molar-refractivity contribution in [3.8, 4) is 0 Å². The fraction of sp³-hybridized carbons (Fsp3) is 0.308. The Balaban J connectivity index is 2.11. The van der Waals surface area contributed by atoms with Gasteiger partial charge in [0.15, 0.2) is 0 Å². The van der Waals surface area contributed by atoms with Crippen molar-refractivity contribution in [2.45, 2.75) is 19.4 Å². The third-order valence-corrected chi connectivity index (χ3v) is 3.31. The highest BCUT2D eigenvalue weighted by molar-refractivity contribution is 7.07. The van der Waals surface area contributed by atoms with Gasteiger partial charge in [0.1, 0.15) is 0 Å². The molecular weight excluding hydrogens is 216 g/mol. The minimum Gasteiger partial charge on any atom is -0.310 e. The van der Waals surface area contributed by atoms with E-state index in [1.165, 1.54) is 11.1 Å². The van der Waals surface area contributed by atoms with Crippen LogP contribution in [-0.4, -0.2) is 11.5 Å². The first-order valence-electron chi connectivity index (χ1n) is 5.54. The third kappa shape index (κ3) is 2.90. The minimum absolute atomic E-state index is 0.391. The molecule has 0 aliphatic heterocycles. The molecule has 84 valence electrons. The van der Waals surface area contributed by atoms with Crippen LogP contribution in [0.25, 0.3) is 0 Å². The molecule has 2 nitrogen and oxygen atoms in total. The molecule has 0 spiro atoms. The Morgan fingerprint density at radius 3 is 2.75 bits per heavy atom. The van der Waals surface area contributed by atoms with Crippen LogP contribution in [0.2, 0.25) is 0 Å². The molecule has 2 aromatic heterocycles. The van der Waals surface area contributed by atoms with E-state index in [2.05, 4.69) is 46.2 Å². The summed E-state index contributed by atoms with van der Waals surface area (Å²) < 4.78 is 0. The third-order valence-electron chi connectivity index (χ3n) is 2.58. The number of likely N-dealkylation sites (N-methyl/N-ethyl adjacent to an activating group) is 1. The summed E-state index contributed by atoms with van der Waals surface area (Å²) in [6, 6.07) is 6.75. The van der Waals surface area contributed by atoms with Crippen LogP contribution >= 0.6 is 11.3 Å². The second-order valence-corrected chi connectivity index (χ2v) is 4.51. The average molecular weight is 232 g/mol. The lowest BCUT2D eigenvalue weighted by atomic mass is 10.0. The largest absolute Gasteiger partial charge is 0.310 e. The molecule has 0 aromatic carbocycles. The number of thiophene rings is 1. The predicted octanol–water partition coefficient (Wildman–Crippen LogP) is 3.04. The molecule has 1 unspecified atom stereocenters. The van der Waals surface area contributed by atoms with Gasteiger partial charge in [0, 0.05) is 18.4 Å². The zero-order chi connectivity index (χ0) is 11.2. The lowest BCUT2D eigenvalue weighted by Crippen LogP contribution is -2.22. The van der Waals surface area contributed by atoms with E-state index in [9.17, 15) is 0 Å². The molecule has 0 aliphatic rings. The van der Waals surface area contributed by atoms with E-state index in [0.717, 1.165) is 13.0 Å². The fourth-order valence-corrected chi connectivity index (χ4v) is 2.48. The molecule has 0 aliphatic carbocycles. The van der Waals surface area contributed by atoms with Crippen molar-refractivity contribution < 1.29 is 0 Å². The van der Waals surface area contributed by atoms with Crippen molar-refractivity contribution in [2.24, 2.45) is 0 Å². The van der Waals surface area contributed by atoms with E-state index >= 15 is 0 Å². The van der Waals surface area contributed by atoms with Crippen LogP contribution in [-0.2, 0) is 6.42 Å². The summed E-state index contributed by atoms with van der Waals surface area (Å²) in [5, 5.41) is 7.86. The van der Waals surface area contributed by atoms with Crippen molar-refractivity contribution in [2.75, 3.05) is 6.54 Å². The number of rotatable bonds is 5. The van der Waals surface area contributed by atoms with E-state index in [-0.39, 0.29) is 0 Å². The molecule has 0 radical (unpaired) electrons. The summed E-state index contributed by atoms with van der Waals surface area (Å²) in [4.78, 5) is 4.06. The molecule has 1 atom stereocenters.